The summed E-state index contributed by atoms with van der Waals surface area (Å²) in [5.41, 5.74) is 2.22. The summed E-state index contributed by atoms with van der Waals surface area (Å²) in [6, 6.07) is 10.2. The van der Waals surface area contributed by atoms with Crippen molar-refractivity contribution in [2.75, 3.05) is 14.2 Å². The average Bonchev–Trinajstić information content (AvgIpc) is 2.32. The van der Waals surface area contributed by atoms with Crippen LogP contribution in [0.15, 0.2) is 36.5 Å². The number of fused-ring (bicyclic) bond motifs is 1. The fourth-order valence-corrected chi connectivity index (χ4v) is 1.96. The van der Waals surface area contributed by atoms with Crippen LogP contribution < -0.4 is 4.57 Å². The van der Waals surface area contributed by atoms with Gasteiger partial charge in [-0.1, -0.05) is 12.1 Å². The molecular formula is C13H16NO2+. The molecule has 1 aromatic carbocycles. The summed E-state index contributed by atoms with van der Waals surface area (Å²) in [5, 5.41) is 1.15. The molecule has 0 aliphatic carbocycles. The molecule has 1 heterocycles. The van der Waals surface area contributed by atoms with E-state index in [1.54, 1.807) is 14.2 Å². The molecule has 0 radical (unpaired) electrons. The van der Waals surface area contributed by atoms with Crippen molar-refractivity contribution in [2.45, 2.75) is 6.29 Å². The zero-order valence-corrected chi connectivity index (χ0v) is 9.81. The van der Waals surface area contributed by atoms with E-state index in [1.807, 2.05) is 31.4 Å². The van der Waals surface area contributed by atoms with Crippen molar-refractivity contribution >= 4 is 10.9 Å². The molecule has 0 aliphatic heterocycles. The lowest BCUT2D eigenvalue weighted by molar-refractivity contribution is -0.644. The van der Waals surface area contributed by atoms with Crippen molar-refractivity contribution in [2.24, 2.45) is 7.05 Å². The van der Waals surface area contributed by atoms with E-state index in [0.29, 0.717) is 0 Å². The fraction of sp³-hybridized carbons (Fsp3) is 0.308. The first-order chi connectivity index (χ1) is 7.77. The lowest BCUT2D eigenvalue weighted by Crippen LogP contribution is -2.28. The lowest BCUT2D eigenvalue weighted by atomic mass is 10.1. The Bertz CT molecular complexity index is 492. The zero-order chi connectivity index (χ0) is 11.5. The largest absolute Gasteiger partial charge is 0.352 e. The highest BCUT2D eigenvalue weighted by Gasteiger charge is 2.15. The van der Waals surface area contributed by atoms with E-state index in [0.717, 1.165) is 10.9 Å². The van der Waals surface area contributed by atoms with Crippen LogP contribution in [0.5, 0.6) is 0 Å². The monoisotopic (exact) mass is 218 g/mol. The van der Waals surface area contributed by atoms with E-state index in [2.05, 4.69) is 16.7 Å². The van der Waals surface area contributed by atoms with Gasteiger partial charge in [0, 0.05) is 31.9 Å². The Kier molecular flexibility index (Phi) is 3.17. The number of pyridine rings is 1. The van der Waals surface area contributed by atoms with Crippen LogP contribution in [0.4, 0.5) is 0 Å². The molecule has 0 amide bonds. The Hall–Kier alpha value is -1.45. The summed E-state index contributed by atoms with van der Waals surface area (Å²) in [7, 11) is 5.33. The van der Waals surface area contributed by atoms with Gasteiger partial charge in [-0.2, -0.15) is 0 Å². The van der Waals surface area contributed by atoms with Gasteiger partial charge in [-0.15, -0.1) is 0 Å². The molecule has 16 heavy (non-hydrogen) atoms. The van der Waals surface area contributed by atoms with Crippen molar-refractivity contribution < 1.29 is 14.0 Å². The highest BCUT2D eigenvalue weighted by atomic mass is 16.7. The summed E-state index contributed by atoms with van der Waals surface area (Å²) in [5.74, 6) is 0. The van der Waals surface area contributed by atoms with E-state index in [1.165, 1.54) is 5.52 Å². The summed E-state index contributed by atoms with van der Waals surface area (Å²) >= 11 is 0. The van der Waals surface area contributed by atoms with Gasteiger partial charge < -0.3 is 9.47 Å². The van der Waals surface area contributed by atoms with Gasteiger partial charge in [0.05, 0.1) is 5.39 Å². The third kappa shape index (κ3) is 1.79. The molecule has 1 aromatic heterocycles. The van der Waals surface area contributed by atoms with E-state index in [4.69, 9.17) is 9.47 Å². The van der Waals surface area contributed by atoms with Crippen LogP contribution in [0.2, 0.25) is 0 Å². The second-order valence-corrected chi connectivity index (χ2v) is 3.70. The number of nitrogens with zero attached hydrogens (tertiary/aromatic N) is 1. The third-order valence-electron chi connectivity index (χ3n) is 2.75. The number of benzene rings is 1. The van der Waals surface area contributed by atoms with E-state index in [-0.39, 0.29) is 6.29 Å². The predicted molar refractivity (Wildman–Crippen MR) is 61.9 cm³/mol. The normalized spacial score (nSPS) is 11.2. The minimum atomic E-state index is -0.314. The van der Waals surface area contributed by atoms with Crippen molar-refractivity contribution in [1.82, 2.24) is 0 Å². The fourth-order valence-electron chi connectivity index (χ4n) is 1.96. The maximum atomic E-state index is 5.30. The second-order valence-electron chi connectivity index (χ2n) is 3.70. The summed E-state index contributed by atoms with van der Waals surface area (Å²) in [6.07, 6.45) is 1.71. The lowest BCUT2D eigenvalue weighted by Gasteiger charge is -2.14. The molecule has 3 heteroatoms. The minimum Gasteiger partial charge on any atom is -0.352 e. The number of hydrogen-bond acceptors (Lipinski definition) is 2. The molecule has 0 fully saturated rings. The maximum absolute atomic E-state index is 5.30. The van der Waals surface area contributed by atoms with Gasteiger partial charge >= 0.3 is 0 Å². The molecule has 0 saturated heterocycles. The van der Waals surface area contributed by atoms with Crippen LogP contribution in [-0.4, -0.2) is 14.2 Å². The molecule has 0 aliphatic rings. The second kappa shape index (κ2) is 4.60. The molecule has 0 spiro atoms. The SMILES string of the molecule is COC(OC)c1cccc2c1ccc[n+]2C. The smallest absolute Gasteiger partial charge is 0.212 e. The Morgan fingerprint density at radius 3 is 2.50 bits per heavy atom. The standard InChI is InChI=1S/C13H16NO2/c1-14-9-5-7-10-11(13(15-2)16-3)6-4-8-12(10)14/h4-9,13H,1-3H3/q+1. The summed E-state index contributed by atoms with van der Waals surface area (Å²) < 4.78 is 12.7. The number of hydrogen-bond donors (Lipinski definition) is 0. The molecule has 3 nitrogen and oxygen atoms in total. The van der Waals surface area contributed by atoms with Gasteiger partial charge in [0.1, 0.15) is 7.05 Å². The van der Waals surface area contributed by atoms with Crippen LogP contribution in [0.25, 0.3) is 10.9 Å². The Morgan fingerprint density at radius 2 is 1.81 bits per heavy atom. The zero-order valence-electron chi connectivity index (χ0n) is 9.81. The van der Waals surface area contributed by atoms with Crippen LogP contribution >= 0.6 is 0 Å². The minimum absolute atomic E-state index is 0.314. The molecule has 2 aromatic rings. The van der Waals surface area contributed by atoms with Crippen molar-refractivity contribution in [3.8, 4) is 0 Å². The highest BCUT2D eigenvalue weighted by molar-refractivity contribution is 5.79. The van der Waals surface area contributed by atoms with Gasteiger partial charge in [0.15, 0.2) is 12.5 Å². The predicted octanol–water partition coefficient (Wildman–Crippen LogP) is 1.96. The van der Waals surface area contributed by atoms with Crippen LogP contribution in [0, 0.1) is 0 Å². The van der Waals surface area contributed by atoms with Gasteiger partial charge in [-0.3, -0.25) is 0 Å². The molecule has 0 unspecified atom stereocenters. The van der Waals surface area contributed by atoms with Gasteiger partial charge in [-0.25, -0.2) is 4.57 Å². The molecule has 84 valence electrons. The van der Waals surface area contributed by atoms with E-state index in [9.17, 15) is 0 Å². The highest BCUT2D eigenvalue weighted by Crippen LogP contribution is 2.24. The van der Waals surface area contributed by atoms with Gasteiger partial charge in [0.25, 0.3) is 0 Å². The van der Waals surface area contributed by atoms with Crippen molar-refractivity contribution in [3.05, 3.63) is 42.1 Å². The molecule has 0 saturated carbocycles. The topological polar surface area (TPSA) is 22.3 Å². The summed E-state index contributed by atoms with van der Waals surface area (Å²) in [4.78, 5) is 0. The first kappa shape index (κ1) is 11.0. The number of aryl methyl sites for hydroxylation is 1. The number of methoxy groups -OCH3 is 2. The molecular weight excluding hydrogens is 202 g/mol. The number of aromatic nitrogens is 1. The quantitative estimate of drug-likeness (QED) is 0.580. The molecule has 2 rings (SSSR count). The van der Waals surface area contributed by atoms with Crippen LogP contribution in [0.1, 0.15) is 11.9 Å². The first-order valence-corrected chi connectivity index (χ1v) is 5.20. The van der Waals surface area contributed by atoms with Gasteiger partial charge in [0.2, 0.25) is 5.52 Å². The van der Waals surface area contributed by atoms with Crippen molar-refractivity contribution in [1.29, 1.82) is 0 Å². The average molecular weight is 218 g/mol. The Labute approximate surface area is 95.2 Å². The Morgan fingerprint density at radius 1 is 1.06 bits per heavy atom. The van der Waals surface area contributed by atoms with Crippen LogP contribution in [-0.2, 0) is 16.5 Å². The van der Waals surface area contributed by atoms with Crippen molar-refractivity contribution in [3.63, 3.8) is 0 Å². The Balaban J connectivity index is 2.66. The molecule has 0 bridgehead atoms. The maximum Gasteiger partial charge on any atom is 0.212 e. The number of ether oxygens (including phenoxy) is 2. The first-order valence-electron chi connectivity index (χ1n) is 5.20. The third-order valence-corrected chi connectivity index (χ3v) is 2.75. The van der Waals surface area contributed by atoms with Crippen LogP contribution in [0.3, 0.4) is 0 Å². The van der Waals surface area contributed by atoms with E-state index < -0.39 is 0 Å². The number of rotatable bonds is 3. The molecule has 0 atom stereocenters. The van der Waals surface area contributed by atoms with Gasteiger partial charge in [-0.05, 0) is 6.07 Å². The van der Waals surface area contributed by atoms with E-state index >= 15 is 0 Å². The molecule has 0 N–H and O–H groups in total. The summed E-state index contributed by atoms with van der Waals surface area (Å²) in [6.45, 7) is 0.